The van der Waals surface area contributed by atoms with E-state index in [9.17, 15) is 4.39 Å². The predicted molar refractivity (Wildman–Crippen MR) is 77.5 cm³/mol. The van der Waals surface area contributed by atoms with Crippen molar-refractivity contribution in [3.63, 3.8) is 0 Å². The van der Waals surface area contributed by atoms with Gasteiger partial charge >= 0.3 is 0 Å². The Morgan fingerprint density at radius 2 is 2.10 bits per heavy atom. The van der Waals surface area contributed by atoms with Crippen LogP contribution >= 0.6 is 11.6 Å². The van der Waals surface area contributed by atoms with Crippen LogP contribution in [0.2, 0.25) is 5.02 Å². The number of aryl methyl sites for hydroxylation is 1. The van der Waals surface area contributed by atoms with Crippen LogP contribution in [0.4, 0.5) is 10.1 Å². The molecular weight excluding hydrogens is 279 g/mol. The first-order valence-corrected chi connectivity index (χ1v) is 6.54. The fourth-order valence-electron chi connectivity index (χ4n) is 2.07. The molecular formula is C15H12ClFN2O. The van der Waals surface area contributed by atoms with E-state index in [1.165, 1.54) is 12.1 Å². The summed E-state index contributed by atoms with van der Waals surface area (Å²) in [6.07, 6.45) is 0. The van der Waals surface area contributed by atoms with Crippen molar-refractivity contribution in [1.29, 1.82) is 0 Å². The SMILES string of the molecule is Cc1nc2cc(NCc3cc(F)cc(Cl)c3)ccc2o1. The molecule has 1 heterocycles. The first kappa shape index (κ1) is 12.9. The Hall–Kier alpha value is -2.07. The van der Waals surface area contributed by atoms with Gasteiger partial charge in [-0.15, -0.1) is 0 Å². The molecule has 0 unspecified atom stereocenters. The van der Waals surface area contributed by atoms with Gasteiger partial charge < -0.3 is 9.73 Å². The van der Waals surface area contributed by atoms with Crippen molar-refractivity contribution in [1.82, 2.24) is 4.98 Å². The van der Waals surface area contributed by atoms with Gasteiger partial charge in [0, 0.05) is 24.2 Å². The lowest BCUT2D eigenvalue weighted by atomic mass is 10.2. The lowest BCUT2D eigenvalue weighted by Crippen LogP contribution is -1.99. The lowest BCUT2D eigenvalue weighted by molar-refractivity contribution is 0.561. The maximum atomic E-state index is 13.2. The maximum absolute atomic E-state index is 13.2. The molecule has 0 spiro atoms. The van der Waals surface area contributed by atoms with E-state index in [0.717, 1.165) is 22.4 Å². The van der Waals surface area contributed by atoms with Gasteiger partial charge in [-0.3, -0.25) is 0 Å². The molecule has 0 bridgehead atoms. The maximum Gasteiger partial charge on any atom is 0.192 e. The van der Waals surface area contributed by atoms with Crippen LogP contribution in [0.5, 0.6) is 0 Å². The van der Waals surface area contributed by atoms with Gasteiger partial charge in [0.05, 0.1) is 0 Å². The van der Waals surface area contributed by atoms with Gasteiger partial charge in [0.1, 0.15) is 11.3 Å². The molecule has 0 saturated carbocycles. The summed E-state index contributed by atoms with van der Waals surface area (Å²) < 4.78 is 18.6. The van der Waals surface area contributed by atoms with Gasteiger partial charge in [0.2, 0.25) is 0 Å². The molecule has 1 aromatic heterocycles. The number of nitrogens with zero attached hydrogens (tertiary/aromatic N) is 1. The van der Waals surface area contributed by atoms with Crippen molar-refractivity contribution in [3.05, 3.63) is 58.7 Å². The Morgan fingerprint density at radius 1 is 1.25 bits per heavy atom. The molecule has 0 amide bonds. The highest BCUT2D eigenvalue weighted by Crippen LogP contribution is 2.21. The third kappa shape index (κ3) is 2.75. The summed E-state index contributed by atoms with van der Waals surface area (Å²) in [6.45, 7) is 2.29. The van der Waals surface area contributed by atoms with E-state index in [2.05, 4.69) is 10.3 Å². The first-order valence-electron chi connectivity index (χ1n) is 6.16. The Kier molecular flexibility index (Phi) is 3.32. The number of fused-ring (bicyclic) bond motifs is 1. The normalized spacial score (nSPS) is 10.9. The van der Waals surface area contributed by atoms with Gasteiger partial charge in [-0.05, 0) is 42.0 Å². The number of halogens is 2. The molecule has 102 valence electrons. The molecule has 0 saturated heterocycles. The molecule has 0 atom stereocenters. The van der Waals surface area contributed by atoms with Crippen LogP contribution in [-0.2, 0) is 6.54 Å². The monoisotopic (exact) mass is 290 g/mol. The van der Waals surface area contributed by atoms with Crippen molar-refractivity contribution < 1.29 is 8.81 Å². The zero-order chi connectivity index (χ0) is 14.1. The van der Waals surface area contributed by atoms with Crippen LogP contribution in [0, 0.1) is 12.7 Å². The van der Waals surface area contributed by atoms with Crippen molar-refractivity contribution in [2.45, 2.75) is 13.5 Å². The van der Waals surface area contributed by atoms with E-state index in [1.54, 1.807) is 6.07 Å². The Labute approximate surface area is 120 Å². The molecule has 0 radical (unpaired) electrons. The quantitative estimate of drug-likeness (QED) is 0.769. The Morgan fingerprint density at radius 3 is 2.90 bits per heavy atom. The molecule has 3 nitrogen and oxygen atoms in total. The second kappa shape index (κ2) is 5.13. The third-order valence-electron chi connectivity index (χ3n) is 2.91. The zero-order valence-electron chi connectivity index (χ0n) is 10.8. The summed E-state index contributed by atoms with van der Waals surface area (Å²) in [4.78, 5) is 4.27. The molecule has 0 aliphatic carbocycles. The van der Waals surface area contributed by atoms with Gasteiger partial charge in [-0.1, -0.05) is 11.6 Å². The predicted octanol–water partition coefficient (Wildman–Crippen LogP) is 4.54. The minimum Gasteiger partial charge on any atom is -0.441 e. The van der Waals surface area contributed by atoms with Crippen LogP contribution in [-0.4, -0.2) is 4.98 Å². The molecule has 3 aromatic rings. The van der Waals surface area contributed by atoms with E-state index in [-0.39, 0.29) is 5.82 Å². The van der Waals surface area contributed by atoms with Crippen molar-refractivity contribution in [2.24, 2.45) is 0 Å². The molecule has 3 rings (SSSR count). The number of anilines is 1. The standard InChI is InChI=1S/C15H12ClFN2O/c1-9-19-14-7-13(2-3-15(14)20-9)18-8-10-4-11(16)6-12(17)5-10/h2-7,18H,8H2,1H3. The smallest absolute Gasteiger partial charge is 0.192 e. The molecule has 5 heteroatoms. The van der Waals surface area contributed by atoms with Crippen LogP contribution in [0.1, 0.15) is 11.5 Å². The fraction of sp³-hybridized carbons (Fsp3) is 0.133. The Bertz CT molecular complexity index is 749. The van der Waals surface area contributed by atoms with E-state index in [4.69, 9.17) is 16.0 Å². The molecule has 0 aliphatic rings. The number of hydrogen-bond acceptors (Lipinski definition) is 3. The van der Waals surface area contributed by atoms with E-state index >= 15 is 0 Å². The van der Waals surface area contributed by atoms with Gasteiger partial charge in [0.15, 0.2) is 11.5 Å². The van der Waals surface area contributed by atoms with Crippen molar-refractivity contribution in [3.8, 4) is 0 Å². The molecule has 0 aliphatic heterocycles. The number of benzene rings is 2. The number of aromatic nitrogens is 1. The molecule has 1 N–H and O–H groups in total. The van der Waals surface area contributed by atoms with Crippen molar-refractivity contribution >= 4 is 28.4 Å². The molecule has 20 heavy (non-hydrogen) atoms. The summed E-state index contributed by atoms with van der Waals surface area (Å²) in [5.74, 6) is 0.297. The van der Waals surface area contributed by atoms with Gasteiger partial charge in [0.25, 0.3) is 0 Å². The van der Waals surface area contributed by atoms with E-state index < -0.39 is 0 Å². The number of oxazole rings is 1. The minimum atomic E-state index is -0.336. The summed E-state index contributed by atoms with van der Waals surface area (Å²) in [5.41, 5.74) is 3.23. The summed E-state index contributed by atoms with van der Waals surface area (Å²) >= 11 is 5.82. The van der Waals surface area contributed by atoms with Crippen LogP contribution in [0.3, 0.4) is 0 Å². The topological polar surface area (TPSA) is 38.1 Å². The molecule has 2 aromatic carbocycles. The van der Waals surface area contributed by atoms with Crippen LogP contribution in [0.15, 0.2) is 40.8 Å². The number of rotatable bonds is 3. The zero-order valence-corrected chi connectivity index (χ0v) is 11.5. The van der Waals surface area contributed by atoms with Crippen LogP contribution in [0.25, 0.3) is 11.1 Å². The average molecular weight is 291 g/mol. The summed E-state index contributed by atoms with van der Waals surface area (Å²) in [6, 6.07) is 10.1. The highest BCUT2D eigenvalue weighted by atomic mass is 35.5. The highest BCUT2D eigenvalue weighted by Gasteiger charge is 2.04. The fourth-order valence-corrected chi connectivity index (χ4v) is 2.31. The van der Waals surface area contributed by atoms with Crippen molar-refractivity contribution in [2.75, 3.05) is 5.32 Å². The number of hydrogen-bond donors (Lipinski definition) is 1. The van der Waals surface area contributed by atoms with E-state index in [0.29, 0.717) is 17.5 Å². The lowest BCUT2D eigenvalue weighted by Gasteiger charge is -2.07. The highest BCUT2D eigenvalue weighted by molar-refractivity contribution is 6.30. The minimum absolute atomic E-state index is 0.336. The Balaban J connectivity index is 1.79. The summed E-state index contributed by atoms with van der Waals surface area (Å²) in [5, 5.41) is 3.60. The van der Waals surface area contributed by atoms with Crippen LogP contribution < -0.4 is 5.32 Å². The van der Waals surface area contributed by atoms with Gasteiger partial charge in [-0.2, -0.15) is 0 Å². The second-order valence-corrected chi connectivity index (χ2v) is 4.98. The first-order chi connectivity index (χ1) is 9.60. The summed E-state index contributed by atoms with van der Waals surface area (Å²) in [7, 11) is 0. The second-order valence-electron chi connectivity index (χ2n) is 4.55. The van der Waals surface area contributed by atoms with E-state index in [1.807, 2.05) is 25.1 Å². The average Bonchev–Trinajstić information content (AvgIpc) is 2.74. The number of nitrogens with one attached hydrogen (secondary N) is 1. The van der Waals surface area contributed by atoms with Gasteiger partial charge in [-0.25, -0.2) is 9.37 Å². The third-order valence-corrected chi connectivity index (χ3v) is 3.13. The molecule has 0 fully saturated rings. The largest absolute Gasteiger partial charge is 0.441 e.